The van der Waals surface area contributed by atoms with Gasteiger partial charge in [-0.25, -0.2) is 4.98 Å². The predicted molar refractivity (Wildman–Crippen MR) is 100 cm³/mol. The normalized spacial score (nSPS) is 15.9. The molecule has 0 atom stereocenters. The summed E-state index contributed by atoms with van der Waals surface area (Å²) in [6.07, 6.45) is 5.46. The van der Waals surface area contributed by atoms with Crippen LogP contribution in [0.2, 0.25) is 0 Å². The van der Waals surface area contributed by atoms with Crippen molar-refractivity contribution in [1.29, 1.82) is 0 Å². The minimum Gasteiger partial charge on any atom is -0.342 e. The van der Waals surface area contributed by atoms with Crippen molar-refractivity contribution in [2.45, 2.75) is 18.8 Å². The number of nitrogens with zero attached hydrogens (tertiary/aromatic N) is 2. The molecule has 4 heteroatoms. The van der Waals surface area contributed by atoms with Crippen LogP contribution in [-0.2, 0) is 4.79 Å². The van der Waals surface area contributed by atoms with E-state index in [1.165, 1.54) is 0 Å². The molecule has 0 radical (unpaired) electrons. The summed E-state index contributed by atoms with van der Waals surface area (Å²) in [5.74, 6) is 1.54. The lowest BCUT2D eigenvalue weighted by Gasteiger charge is -2.30. The van der Waals surface area contributed by atoms with Gasteiger partial charge in [-0.3, -0.25) is 4.79 Å². The molecule has 1 saturated heterocycles. The standard InChI is InChI=1S/C21H21N3O/c25-20(11-10-16-6-2-1-3-7-16)24-14-12-17(13-15-24)21-22-18-8-4-5-9-19(18)23-21/h1-11,17H,12-15H2,(H,22,23)/b11-10+. The first-order valence-electron chi connectivity index (χ1n) is 8.76. The van der Waals surface area contributed by atoms with Crippen LogP contribution in [0.15, 0.2) is 60.7 Å². The summed E-state index contributed by atoms with van der Waals surface area (Å²) < 4.78 is 0. The van der Waals surface area contributed by atoms with E-state index in [-0.39, 0.29) is 5.91 Å². The number of amides is 1. The minimum atomic E-state index is 0.0897. The number of carbonyl (C=O) groups is 1. The average molecular weight is 331 g/mol. The van der Waals surface area contributed by atoms with Gasteiger partial charge in [0.15, 0.2) is 0 Å². The largest absolute Gasteiger partial charge is 0.342 e. The molecule has 1 aliphatic heterocycles. The van der Waals surface area contributed by atoms with Crippen molar-refractivity contribution in [2.75, 3.05) is 13.1 Å². The van der Waals surface area contributed by atoms with E-state index >= 15 is 0 Å². The Morgan fingerprint density at radius 1 is 1.04 bits per heavy atom. The van der Waals surface area contributed by atoms with Crippen molar-refractivity contribution in [3.8, 4) is 0 Å². The number of para-hydroxylation sites is 2. The molecule has 1 aliphatic rings. The Hall–Kier alpha value is -2.88. The molecule has 0 bridgehead atoms. The van der Waals surface area contributed by atoms with Crippen molar-refractivity contribution in [1.82, 2.24) is 14.9 Å². The number of H-pyrrole nitrogens is 1. The second kappa shape index (κ2) is 6.93. The summed E-state index contributed by atoms with van der Waals surface area (Å²) >= 11 is 0. The van der Waals surface area contributed by atoms with Crippen LogP contribution in [0, 0.1) is 0 Å². The highest BCUT2D eigenvalue weighted by atomic mass is 16.2. The third kappa shape index (κ3) is 3.48. The fourth-order valence-electron chi connectivity index (χ4n) is 3.38. The van der Waals surface area contributed by atoms with Gasteiger partial charge < -0.3 is 9.88 Å². The molecule has 1 N–H and O–H groups in total. The summed E-state index contributed by atoms with van der Waals surface area (Å²) in [4.78, 5) is 22.4. The number of hydrogen-bond donors (Lipinski definition) is 1. The summed E-state index contributed by atoms with van der Waals surface area (Å²) in [5.41, 5.74) is 3.15. The first-order valence-corrected chi connectivity index (χ1v) is 8.76. The van der Waals surface area contributed by atoms with Gasteiger partial charge in [0.05, 0.1) is 11.0 Å². The SMILES string of the molecule is O=C(/C=C/c1ccccc1)N1CCC(c2nc3ccccc3[nH]2)CC1. The zero-order chi connectivity index (χ0) is 17.1. The molecule has 4 rings (SSSR count). The van der Waals surface area contributed by atoms with Crippen molar-refractivity contribution < 1.29 is 4.79 Å². The van der Waals surface area contributed by atoms with Gasteiger partial charge in [-0.2, -0.15) is 0 Å². The zero-order valence-electron chi connectivity index (χ0n) is 14.1. The second-order valence-electron chi connectivity index (χ2n) is 6.48. The number of hydrogen-bond acceptors (Lipinski definition) is 2. The fraction of sp³-hybridized carbons (Fsp3) is 0.238. The Morgan fingerprint density at radius 3 is 2.52 bits per heavy atom. The van der Waals surface area contributed by atoms with Crippen LogP contribution in [0.5, 0.6) is 0 Å². The Bertz CT molecular complexity index is 857. The first kappa shape index (κ1) is 15.6. The van der Waals surface area contributed by atoms with E-state index in [0.717, 1.165) is 48.4 Å². The fourth-order valence-corrected chi connectivity index (χ4v) is 3.38. The lowest BCUT2D eigenvalue weighted by atomic mass is 9.96. The summed E-state index contributed by atoms with van der Waals surface area (Å²) in [6, 6.07) is 18.0. The zero-order valence-corrected chi connectivity index (χ0v) is 14.1. The maximum absolute atomic E-state index is 12.4. The Morgan fingerprint density at radius 2 is 1.76 bits per heavy atom. The summed E-state index contributed by atoms with van der Waals surface area (Å²) in [6.45, 7) is 1.55. The molecule has 1 amide bonds. The number of rotatable bonds is 3. The second-order valence-corrected chi connectivity index (χ2v) is 6.48. The third-order valence-corrected chi connectivity index (χ3v) is 4.82. The number of fused-ring (bicyclic) bond motifs is 1. The van der Waals surface area contributed by atoms with Gasteiger partial charge in [-0.15, -0.1) is 0 Å². The van der Waals surface area contributed by atoms with Gasteiger partial charge in [0.25, 0.3) is 0 Å². The van der Waals surface area contributed by atoms with E-state index in [1.54, 1.807) is 6.08 Å². The van der Waals surface area contributed by atoms with E-state index in [1.807, 2.05) is 59.5 Å². The molecule has 0 saturated carbocycles. The van der Waals surface area contributed by atoms with Crippen LogP contribution < -0.4 is 0 Å². The molecule has 0 spiro atoms. The average Bonchev–Trinajstić information content (AvgIpc) is 3.11. The van der Waals surface area contributed by atoms with Crippen molar-refractivity contribution >= 4 is 23.0 Å². The smallest absolute Gasteiger partial charge is 0.246 e. The van der Waals surface area contributed by atoms with Gasteiger partial charge in [0.1, 0.15) is 5.82 Å². The maximum Gasteiger partial charge on any atom is 0.246 e. The van der Waals surface area contributed by atoms with Gasteiger partial charge in [0.2, 0.25) is 5.91 Å². The van der Waals surface area contributed by atoms with Crippen LogP contribution in [0.3, 0.4) is 0 Å². The first-order chi connectivity index (χ1) is 12.3. The lowest BCUT2D eigenvalue weighted by molar-refractivity contribution is -0.127. The van der Waals surface area contributed by atoms with E-state index in [2.05, 4.69) is 11.1 Å². The van der Waals surface area contributed by atoms with E-state index in [9.17, 15) is 4.79 Å². The molecule has 0 unspecified atom stereocenters. The third-order valence-electron chi connectivity index (χ3n) is 4.82. The predicted octanol–water partition coefficient (Wildman–Crippen LogP) is 3.98. The molecule has 4 nitrogen and oxygen atoms in total. The molecule has 2 heterocycles. The Balaban J connectivity index is 1.37. The molecule has 0 aliphatic carbocycles. The molecule has 1 aromatic heterocycles. The van der Waals surface area contributed by atoms with Gasteiger partial charge in [-0.05, 0) is 36.6 Å². The van der Waals surface area contributed by atoms with Crippen LogP contribution in [-0.4, -0.2) is 33.9 Å². The van der Waals surface area contributed by atoms with Crippen LogP contribution in [0.4, 0.5) is 0 Å². The quantitative estimate of drug-likeness (QED) is 0.738. The Labute approximate surface area is 147 Å². The number of nitrogens with one attached hydrogen (secondary N) is 1. The van der Waals surface area contributed by atoms with Gasteiger partial charge >= 0.3 is 0 Å². The molecule has 1 fully saturated rings. The van der Waals surface area contributed by atoms with Crippen LogP contribution in [0.25, 0.3) is 17.1 Å². The van der Waals surface area contributed by atoms with E-state index in [4.69, 9.17) is 4.98 Å². The van der Waals surface area contributed by atoms with E-state index in [0.29, 0.717) is 5.92 Å². The van der Waals surface area contributed by atoms with E-state index < -0.39 is 0 Å². The van der Waals surface area contributed by atoms with Gasteiger partial charge in [0, 0.05) is 25.1 Å². The molecule has 126 valence electrons. The molecular formula is C21H21N3O. The van der Waals surface area contributed by atoms with Gasteiger partial charge in [-0.1, -0.05) is 42.5 Å². The highest BCUT2D eigenvalue weighted by Crippen LogP contribution is 2.27. The topological polar surface area (TPSA) is 49.0 Å². The molecule has 25 heavy (non-hydrogen) atoms. The highest BCUT2D eigenvalue weighted by Gasteiger charge is 2.24. The summed E-state index contributed by atoms with van der Waals surface area (Å²) in [5, 5.41) is 0. The monoisotopic (exact) mass is 331 g/mol. The van der Waals surface area contributed by atoms with Crippen molar-refractivity contribution in [3.63, 3.8) is 0 Å². The minimum absolute atomic E-state index is 0.0897. The number of imidazole rings is 1. The number of aromatic amines is 1. The lowest BCUT2D eigenvalue weighted by Crippen LogP contribution is -2.37. The maximum atomic E-state index is 12.4. The van der Waals surface area contributed by atoms with Crippen LogP contribution in [0.1, 0.15) is 30.1 Å². The number of likely N-dealkylation sites (tertiary alicyclic amines) is 1. The number of carbonyl (C=O) groups excluding carboxylic acids is 1. The number of aromatic nitrogens is 2. The highest BCUT2D eigenvalue weighted by molar-refractivity contribution is 5.91. The van der Waals surface area contributed by atoms with Crippen LogP contribution >= 0.6 is 0 Å². The van der Waals surface area contributed by atoms with Crippen molar-refractivity contribution in [3.05, 3.63) is 72.1 Å². The molecular weight excluding hydrogens is 310 g/mol. The number of piperidine rings is 1. The van der Waals surface area contributed by atoms with Crippen molar-refractivity contribution in [2.24, 2.45) is 0 Å². The number of benzene rings is 2. The molecule has 2 aromatic carbocycles. The molecule has 3 aromatic rings. The summed E-state index contributed by atoms with van der Waals surface area (Å²) in [7, 11) is 0. The Kier molecular flexibility index (Phi) is 4.34.